The van der Waals surface area contributed by atoms with Crippen LogP contribution in [0.1, 0.15) is 5.56 Å². The summed E-state index contributed by atoms with van der Waals surface area (Å²) < 4.78 is 26.7. The van der Waals surface area contributed by atoms with Gasteiger partial charge in [-0.3, -0.25) is 0 Å². The molecule has 0 saturated heterocycles. The molecule has 0 saturated carbocycles. The second-order valence-corrected chi connectivity index (χ2v) is 4.14. The van der Waals surface area contributed by atoms with E-state index in [2.05, 4.69) is 5.32 Å². The van der Waals surface area contributed by atoms with Crippen LogP contribution in [0, 0.1) is 11.6 Å². The van der Waals surface area contributed by atoms with Gasteiger partial charge in [-0.15, -0.1) is 0 Å². The first-order valence-electron chi connectivity index (χ1n) is 5.23. The molecule has 2 aromatic carbocycles. The van der Waals surface area contributed by atoms with E-state index in [1.807, 2.05) is 0 Å². The summed E-state index contributed by atoms with van der Waals surface area (Å²) in [5.74, 6) is -1.34. The second kappa shape index (κ2) is 5.23. The number of phenolic OH excluding ortho intramolecular Hbond substituents is 1. The van der Waals surface area contributed by atoms with E-state index in [1.165, 1.54) is 30.3 Å². The molecule has 0 spiro atoms. The molecular formula is C13H10ClF2NO. The van der Waals surface area contributed by atoms with E-state index < -0.39 is 11.6 Å². The minimum absolute atomic E-state index is 0.0301. The first-order valence-corrected chi connectivity index (χ1v) is 5.61. The molecule has 0 unspecified atom stereocenters. The molecule has 2 rings (SSSR count). The number of anilines is 1. The Balaban J connectivity index is 2.14. The lowest BCUT2D eigenvalue weighted by atomic mass is 10.2. The fourth-order valence-electron chi connectivity index (χ4n) is 1.52. The minimum atomic E-state index is -0.653. The van der Waals surface area contributed by atoms with Crippen molar-refractivity contribution in [1.82, 2.24) is 0 Å². The fraction of sp³-hybridized carbons (Fsp3) is 0.0769. The molecule has 0 fully saturated rings. The van der Waals surface area contributed by atoms with E-state index >= 15 is 0 Å². The van der Waals surface area contributed by atoms with Crippen molar-refractivity contribution in [1.29, 1.82) is 0 Å². The van der Waals surface area contributed by atoms with Gasteiger partial charge in [0.05, 0.1) is 5.02 Å². The number of rotatable bonds is 3. The number of benzene rings is 2. The predicted octanol–water partition coefficient (Wildman–Crippen LogP) is 3.94. The molecule has 2 aromatic rings. The Kier molecular flexibility index (Phi) is 3.67. The highest BCUT2D eigenvalue weighted by Gasteiger charge is 2.08. The van der Waals surface area contributed by atoms with Gasteiger partial charge in [-0.05, 0) is 29.8 Å². The van der Waals surface area contributed by atoms with Crippen LogP contribution in [0.2, 0.25) is 5.02 Å². The zero-order valence-electron chi connectivity index (χ0n) is 9.25. The van der Waals surface area contributed by atoms with Crippen molar-refractivity contribution in [2.75, 3.05) is 5.32 Å². The number of hydrogen-bond donors (Lipinski definition) is 2. The van der Waals surface area contributed by atoms with E-state index in [9.17, 15) is 13.9 Å². The van der Waals surface area contributed by atoms with Gasteiger partial charge in [-0.25, -0.2) is 8.78 Å². The summed E-state index contributed by atoms with van der Waals surface area (Å²) in [5.41, 5.74) is 0.530. The number of hydrogen-bond acceptors (Lipinski definition) is 2. The summed E-state index contributed by atoms with van der Waals surface area (Å²) in [6.45, 7) is 0.206. The third-order valence-corrected chi connectivity index (χ3v) is 2.75. The highest BCUT2D eigenvalue weighted by Crippen LogP contribution is 2.25. The van der Waals surface area contributed by atoms with Gasteiger partial charge in [0.1, 0.15) is 23.1 Å². The van der Waals surface area contributed by atoms with Crippen LogP contribution in [0.15, 0.2) is 36.4 Å². The van der Waals surface area contributed by atoms with E-state index in [-0.39, 0.29) is 23.0 Å². The van der Waals surface area contributed by atoms with Crippen LogP contribution in [-0.4, -0.2) is 5.11 Å². The maximum atomic E-state index is 13.3. The Labute approximate surface area is 108 Å². The molecule has 0 aliphatic rings. The van der Waals surface area contributed by atoms with Crippen molar-refractivity contribution < 1.29 is 13.9 Å². The third-order valence-electron chi connectivity index (χ3n) is 2.44. The molecule has 18 heavy (non-hydrogen) atoms. The number of aromatic hydroxyl groups is 1. The molecule has 2 nitrogen and oxygen atoms in total. The average molecular weight is 270 g/mol. The van der Waals surface area contributed by atoms with Crippen LogP contribution in [0.5, 0.6) is 5.75 Å². The Hall–Kier alpha value is -1.81. The highest BCUT2D eigenvalue weighted by atomic mass is 35.5. The molecule has 94 valence electrons. The van der Waals surface area contributed by atoms with Gasteiger partial charge in [0.2, 0.25) is 0 Å². The largest absolute Gasteiger partial charge is 0.506 e. The van der Waals surface area contributed by atoms with E-state index in [0.29, 0.717) is 5.56 Å². The zero-order chi connectivity index (χ0) is 13.1. The van der Waals surface area contributed by atoms with Crippen LogP contribution in [0.25, 0.3) is 0 Å². The molecule has 0 amide bonds. The van der Waals surface area contributed by atoms with Crippen LogP contribution in [0.4, 0.5) is 14.5 Å². The monoisotopic (exact) mass is 269 g/mol. The molecule has 0 aliphatic carbocycles. The lowest BCUT2D eigenvalue weighted by molar-refractivity contribution is 0.475. The predicted molar refractivity (Wildman–Crippen MR) is 66.8 cm³/mol. The molecule has 0 bridgehead atoms. The smallest absolute Gasteiger partial charge is 0.149 e. The van der Waals surface area contributed by atoms with Crippen molar-refractivity contribution >= 4 is 17.3 Å². The van der Waals surface area contributed by atoms with Crippen LogP contribution in [0.3, 0.4) is 0 Å². The van der Waals surface area contributed by atoms with Gasteiger partial charge in [-0.1, -0.05) is 23.7 Å². The Morgan fingerprint density at radius 1 is 1.11 bits per heavy atom. The van der Waals surface area contributed by atoms with Crippen molar-refractivity contribution in [3.63, 3.8) is 0 Å². The zero-order valence-corrected chi connectivity index (χ0v) is 10.0. The molecule has 0 aliphatic heterocycles. The van der Waals surface area contributed by atoms with Gasteiger partial charge >= 0.3 is 0 Å². The fourth-order valence-corrected chi connectivity index (χ4v) is 1.72. The van der Waals surface area contributed by atoms with Crippen molar-refractivity contribution in [2.24, 2.45) is 0 Å². The molecule has 5 heteroatoms. The number of halogens is 3. The summed E-state index contributed by atoms with van der Waals surface area (Å²) in [6.07, 6.45) is 0. The first-order chi connectivity index (χ1) is 8.58. The van der Waals surface area contributed by atoms with Crippen LogP contribution < -0.4 is 5.32 Å². The van der Waals surface area contributed by atoms with Crippen LogP contribution in [-0.2, 0) is 6.54 Å². The van der Waals surface area contributed by atoms with Crippen LogP contribution >= 0.6 is 11.6 Å². The summed E-state index contributed by atoms with van der Waals surface area (Å²) in [5, 5.41) is 12.1. The van der Waals surface area contributed by atoms with Crippen molar-refractivity contribution in [2.45, 2.75) is 6.54 Å². The lowest BCUT2D eigenvalue weighted by Gasteiger charge is -2.09. The lowest BCUT2D eigenvalue weighted by Crippen LogP contribution is -2.03. The van der Waals surface area contributed by atoms with Gasteiger partial charge < -0.3 is 10.4 Å². The first kappa shape index (κ1) is 12.6. The summed E-state index contributed by atoms with van der Waals surface area (Å²) in [6, 6.07) is 8.23. The van der Waals surface area contributed by atoms with Gasteiger partial charge in [0.25, 0.3) is 0 Å². The topological polar surface area (TPSA) is 32.3 Å². The standard InChI is InChI=1S/C13H10ClF2NO/c14-9-6-8(4-5-12(9)18)7-17-13-10(15)2-1-3-11(13)16/h1-6,17-18H,7H2. The summed E-state index contributed by atoms with van der Waals surface area (Å²) in [4.78, 5) is 0. The summed E-state index contributed by atoms with van der Waals surface area (Å²) in [7, 11) is 0. The van der Waals surface area contributed by atoms with Gasteiger partial charge in [0.15, 0.2) is 0 Å². The maximum Gasteiger partial charge on any atom is 0.149 e. The SMILES string of the molecule is Oc1ccc(CNc2c(F)cccc2F)cc1Cl. The Bertz CT molecular complexity index is 555. The normalized spacial score (nSPS) is 10.4. The maximum absolute atomic E-state index is 13.3. The van der Waals surface area contributed by atoms with E-state index in [0.717, 1.165) is 0 Å². The third kappa shape index (κ3) is 2.71. The number of nitrogens with one attached hydrogen (secondary N) is 1. The van der Waals surface area contributed by atoms with Crippen molar-refractivity contribution in [3.05, 3.63) is 58.6 Å². The molecule has 0 aromatic heterocycles. The average Bonchev–Trinajstić information content (AvgIpc) is 2.33. The second-order valence-electron chi connectivity index (χ2n) is 3.74. The quantitative estimate of drug-likeness (QED) is 0.885. The Morgan fingerprint density at radius 2 is 1.78 bits per heavy atom. The van der Waals surface area contributed by atoms with E-state index in [1.54, 1.807) is 6.07 Å². The molecule has 0 radical (unpaired) electrons. The molecular weight excluding hydrogens is 260 g/mol. The molecule has 2 N–H and O–H groups in total. The molecule has 0 heterocycles. The minimum Gasteiger partial charge on any atom is -0.506 e. The molecule has 0 atom stereocenters. The highest BCUT2D eigenvalue weighted by molar-refractivity contribution is 6.32. The van der Waals surface area contributed by atoms with E-state index in [4.69, 9.17) is 11.6 Å². The number of para-hydroxylation sites is 1. The van der Waals surface area contributed by atoms with Gasteiger partial charge in [-0.2, -0.15) is 0 Å². The number of phenols is 1. The van der Waals surface area contributed by atoms with Gasteiger partial charge in [0, 0.05) is 6.54 Å². The van der Waals surface area contributed by atoms with Crippen molar-refractivity contribution in [3.8, 4) is 5.75 Å². The Morgan fingerprint density at radius 3 is 2.39 bits per heavy atom. The summed E-state index contributed by atoms with van der Waals surface area (Å²) >= 11 is 5.73.